The third-order valence-electron chi connectivity index (χ3n) is 3.12. The minimum atomic E-state index is -3.01. The molecule has 5 nitrogen and oxygen atoms in total. The lowest BCUT2D eigenvalue weighted by Gasteiger charge is -2.13. The van der Waals surface area contributed by atoms with E-state index in [9.17, 15) is 13.6 Å². The summed E-state index contributed by atoms with van der Waals surface area (Å²) in [5.41, 5.74) is 0.307. The van der Waals surface area contributed by atoms with Crippen molar-refractivity contribution in [3.8, 4) is 11.5 Å². The van der Waals surface area contributed by atoms with E-state index in [1.165, 1.54) is 31.3 Å². The van der Waals surface area contributed by atoms with Gasteiger partial charge in [-0.1, -0.05) is 36.1 Å². The number of thiocarbonyl (C=S) groups is 1. The van der Waals surface area contributed by atoms with Crippen molar-refractivity contribution < 1.29 is 27.8 Å². The molecule has 9 heteroatoms. The second kappa shape index (κ2) is 8.41. The highest BCUT2D eigenvalue weighted by atomic mass is 32.2. The van der Waals surface area contributed by atoms with E-state index in [1.54, 1.807) is 12.1 Å². The summed E-state index contributed by atoms with van der Waals surface area (Å²) < 4.78 is 40.2. The average molecular weight is 375 g/mol. The van der Waals surface area contributed by atoms with Crippen LogP contribution in [0.25, 0.3) is 6.08 Å². The Bertz CT molecular complexity index is 667. The van der Waals surface area contributed by atoms with Gasteiger partial charge >= 0.3 is 6.61 Å². The molecule has 0 bridgehead atoms. The summed E-state index contributed by atoms with van der Waals surface area (Å²) in [4.78, 5) is 14.1. The van der Waals surface area contributed by atoms with Gasteiger partial charge < -0.3 is 14.2 Å². The van der Waals surface area contributed by atoms with E-state index in [1.807, 2.05) is 0 Å². The van der Waals surface area contributed by atoms with Crippen molar-refractivity contribution in [2.45, 2.75) is 6.61 Å². The van der Waals surface area contributed by atoms with Gasteiger partial charge in [-0.3, -0.25) is 9.69 Å². The maximum absolute atomic E-state index is 12.7. The van der Waals surface area contributed by atoms with Gasteiger partial charge in [0.05, 0.1) is 25.2 Å². The monoisotopic (exact) mass is 375 g/mol. The summed E-state index contributed by atoms with van der Waals surface area (Å²) in [6.07, 6.45) is 1.46. The molecule has 1 fully saturated rings. The van der Waals surface area contributed by atoms with Gasteiger partial charge in [-0.2, -0.15) is 8.78 Å². The first kappa shape index (κ1) is 18.6. The van der Waals surface area contributed by atoms with Crippen molar-refractivity contribution >= 4 is 40.3 Å². The van der Waals surface area contributed by atoms with Crippen molar-refractivity contribution in [2.24, 2.45) is 0 Å². The van der Waals surface area contributed by atoms with E-state index in [0.29, 0.717) is 27.9 Å². The van der Waals surface area contributed by atoms with Gasteiger partial charge in [0.2, 0.25) is 0 Å². The number of carbonyl (C=O) groups is 1. The van der Waals surface area contributed by atoms with E-state index in [2.05, 4.69) is 4.74 Å². The van der Waals surface area contributed by atoms with Crippen LogP contribution >= 0.6 is 24.0 Å². The number of rotatable bonds is 7. The number of amides is 1. The van der Waals surface area contributed by atoms with Crippen LogP contribution in [0.1, 0.15) is 5.56 Å². The molecule has 2 rings (SSSR count). The molecule has 130 valence electrons. The average Bonchev–Trinajstić information content (AvgIpc) is 2.80. The molecule has 1 aromatic rings. The van der Waals surface area contributed by atoms with Crippen LogP contribution in [0, 0.1) is 0 Å². The predicted molar refractivity (Wildman–Crippen MR) is 91.4 cm³/mol. The van der Waals surface area contributed by atoms with Gasteiger partial charge in [-0.05, 0) is 12.1 Å². The number of ether oxygens (including phenoxy) is 3. The van der Waals surface area contributed by atoms with E-state index in [4.69, 9.17) is 21.7 Å². The highest BCUT2D eigenvalue weighted by Crippen LogP contribution is 2.38. The molecule has 0 spiro atoms. The number of benzene rings is 1. The van der Waals surface area contributed by atoms with Gasteiger partial charge in [-0.25, -0.2) is 0 Å². The van der Waals surface area contributed by atoms with Gasteiger partial charge in [0.15, 0.2) is 11.5 Å². The first-order valence-electron chi connectivity index (χ1n) is 6.84. The second-order valence-corrected chi connectivity index (χ2v) is 6.26. The number of hydrogen-bond acceptors (Lipinski definition) is 6. The summed E-state index contributed by atoms with van der Waals surface area (Å²) in [6.45, 7) is -2.33. The third kappa shape index (κ3) is 4.22. The SMILES string of the molecule is COCCN1C(=O)/C(=C\c2cccc(OC)c2OC(F)F)SC1=S. The lowest BCUT2D eigenvalue weighted by Crippen LogP contribution is -2.31. The number of carbonyl (C=O) groups excluding carboxylic acids is 1. The predicted octanol–water partition coefficient (Wildman–Crippen LogP) is 3.14. The zero-order valence-corrected chi connectivity index (χ0v) is 14.6. The molecule has 0 atom stereocenters. The molecule has 1 saturated heterocycles. The van der Waals surface area contributed by atoms with Crippen LogP contribution in [0.3, 0.4) is 0 Å². The second-order valence-electron chi connectivity index (χ2n) is 4.58. The molecule has 0 saturated carbocycles. The Morgan fingerprint density at radius 2 is 2.12 bits per heavy atom. The molecule has 1 aliphatic heterocycles. The van der Waals surface area contributed by atoms with Crippen molar-refractivity contribution in [2.75, 3.05) is 27.4 Å². The number of thioether (sulfide) groups is 1. The van der Waals surface area contributed by atoms with Crippen LogP contribution in [0.4, 0.5) is 8.78 Å². The molecule has 1 aliphatic rings. The van der Waals surface area contributed by atoms with Gasteiger partial charge in [0.1, 0.15) is 4.32 Å². The third-order valence-corrected chi connectivity index (χ3v) is 4.49. The van der Waals surface area contributed by atoms with Crippen molar-refractivity contribution in [3.63, 3.8) is 0 Å². The molecule has 0 N–H and O–H groups in total. The summed E-state index contributed by atoms with van der Waals surface area (Å²) in [5.74, 6) is -0.274. The minimum absolute atomic E-state index is 0.128. The summed E-state index contributed by atoms with van der Waals surface area (Å²) in [6, 6.07) is 4.68. The first-order valence-corrected chi connectivity index (χ1v) is 8.06. The highest BCUT2D eigenvalue weighted by molar-refractivity contribution is 8.26. The summed E-state index contributed by atoms with van der Waals surface area (Å²) in [5, 5.41) is 0. The van der Waals surface area contributed by atoms with Gasteiger partial charge in [-0.15, -0.1) is 0 Å². The normalized spacial score (nSPS) is 16.4. The number of halogens is 2. The molecular formula is C15H15F2NO4S2. The van der Waals surface area contributed by atoms with Crippen LogP contribution < -0.4 is 9.47 Å². The smallest absolute Gasteiger partial charge is 0.387 e. The quantitative estimate of drug-likeness (QED) is 0.539. The van der Waals surface area contributed by atoms with E-state index >= 15 is 0 Å². The van der Waals surface area contributed by atoms with Gasteiger partial charge in [0.25, 0.3) is 5.91 Å². The Hall–Kier alpha value is -1.71. The maximum Gasteiger partial charge on any atom is 0.387 e. The van der Waals surface area contributed by atoms with Crippen LogP contribution in [0.2, 0.25) is 0 Å². The van der Waals surface area contributed by atoms with E-state index in [0.717, 1.165) is 11.8 Å². The number of methoxy groups -OCH3 is 2. The number of para-hydroxylation sites is 1. The topological polar surface area (TPSA) is 48.0 Å². The lowest BCUT2D eigenvalue weighted by molar-refractivity contribution is -0.122. The minimum Gasteiger partial charge on any atom is -0.493 e. The van der Waals surface area contributed by atoms with Gasteiger partial charge in [0, 0.05) is 12.7 Å². The van der Waals surface area contributed by atoms with Crippen LogP contribution in [-0.2, 0) is 9.53 Å². The number of nitrogens with zero attached hydrogens (tertiary/aromatic N) is 1. The maximum atomic E-state index is 12.7. The Morgan fingerprint density at radius 1 is 1.38 bits per heavy atom. The molecule has 24 heavy (non-hydrogen) atoms. The number of hydrogen-bond donors (Lipinski definition) is 0. The van der Waals surface area contributed by atoms with Crippen LogP contribution in [0.15, 0.2) is 23.1 Å². The van der Waals surface area contributed by atoms with Crippen LogP contribution in [-0.4, -0.2) is 49.1 Å². The fourth-order valence-corrected chi connectivity index (χ4v) is 3.34. The summed E-state index contributed by atoms with van der Waals surface area (Å²) >= 11 is 6.27. The highest BCUT2D eigenvalue weighted by Gasteiger charge is 2.32. The fourth-order valence-electron chi connectivity index (χ4n) is 2.04. The van der Waals surface area contributed by atoms with E-state index in [-0.39, 0.29) is 17.4 Å². The Balaban J connectivity index is 2.34. The first-order chi connectivity index (χ1) is 11.5. The Kier molecular flexibility index (Phi) is 6.52. The Morgan fingerprint density at radius 3 is 2.75 bits per heavy atom. The molecule has 0 radical (unpaired) electrons. The summed E-state index contributed by atoms with van der Waals surface area (Å²) in [7, 11) is 2.87. The largest absolute Gasteiger partial charge is 0.493 e. The molecule has 1 heterocycles. The van der Waals surface area contributed by atoms with Crippen molar-refractivity contribution in [3.05, 3.63) is 28.7 Å². The molecule has 1 amide bonds. The zero-order valence-electron chi connectivity index (χ0n) is 13.0. The number of alkyl halides is 2. The zero-order chi connectivity index (χ0) is 17.7. The molecule has 0 aromatic heterocycles. The Labute approximate surface area is 147 Å². The standard InChI is InChI=1S/C15H15F2NO4S2/c1-20-7-6-18-13(19)11(24-15(18)23)8-9-4-3-5-10(21-2)12(9)22-14(16)17/h3-5,8,14H,6-7H2,1-2H3/b11-8+. The molecule has 0 unspecified atom stereocenters. The fraction of sp³-hybridized carbons (Fsp3) is 0.333. The van der Waals surface area contributed by atoms with Crippen LogP contribution in [0.5, 0.6) is 11.5 Å². The van der Waals surface area contributed by atoms with Crippen molar-refractivity contribution in [1.82, 2.24) is 4.90 Å². The van der Waals surface area contributed by atoms with Crippen molar-refractivity contribution in [1.29, 1.82) is 0 Å². The lowest BCUT2D eigenvalue weighted by atomic mass is 10.1. The molecular weight excluding hydrogens is 360 g/mol. The molecule has 0 aliphatic carbocycles. The van der Waals surface area contributed by atoms with E-state index < -0.39 is 6.61 Å². The molecule has 1 aromatic carbocycles.